The Morgan fingerprint density at radius 3 is 2.81 bits per heavy atom. The average molecular weight is 222 g/mol. The van der Waals surface area contributed by atoms with Gasteiger partial charge in [0.25, 0.3) is 0 Å². The second-order valence-electron chi connectivity index (χ2n) is 3.57. The van der Waals surface area contributed by atoms with E-state index in [1.165, 1.54) is 0 Å². The zero-order valence-corrected chi connectivity index (χ0v) is 9.69. The molecular formula is C12H18N2O2. The third kappa shape index (κ3) is 3.64. The van der Waals surface area contributed by atoms with Gasteiger partial charge in [-0.3, -0.25) is 4.79 Å². The molecule has 0 spiro atoms. The highest BCUT2D eigenvalue weighted by Gasteiger charge is 2.09. The minimum Gasteiger partial charge on any atom is -0.377 e. The van der Waals surface area contributed by atoms with E-state index in [1.807, 2.05) is 31.2 Å². The molecule has 0 aliphatic carbocycles. The predicted octanol–water partition coefficient (Wildman–Crippen LogP) is 1.51. The summed E-state index contributed by atoms with van der Waals surface area (Å²) in [5.41, 5.74) is 7.21. The number of amides is 1. The second-order valence-corrected chi connectivity index (χ2v) is 3.57. The van der Waals surface area contributed by atoms with Crippen molar-refractivity contribution in [3.8, 4) is 0 Å². The molecular weight excluding hydrogens is 204 g/mol. The molecule has 1 aromatic carbocycles. The van der Waals surface area contributed by atoms with Gasteiger partial charge >= 0.3 is 0 Å². The molecule has 16 heavy (non-hydrogen) atoms. The number of rotatable bonds is 5. The van der Waals surface area contributed by atoms with E-state index in [0.717, 1.165) is 11.3 Å². The number of nitrogens with one attached hydrogen (secondary N) is 1. The van der Waals surface area contributed by atoms with Crippen LogP contribution in [-0.4, -0.2) is 18.6 Å². The molecule has 0 heterocycles. The average Bonchev–Trinajstić information content (AvgIpc) is 2.27. The largest absolute Gasteiger partial charge is 0.377 e. The summed E-state index contributed by atoms with van der Waals surface area (Å²) in [7, 11) is 0. The van der Waals surface area contributed by atoms with Gasteiger partial charge < -0.3 is 15.8 Å². The molecule has 1 aromatic rings. The molecule has 3 N–H and O–H groups in total. The number of carbonyl (C=O) groups excluding carboxylic acids is 1. The molecule has 0 bridgehead atoms. The van der Waals surface area contributed by atoms with Crippen LogP contribution in [0.25, 0.3) is 0 Å². The van der Waals surface area contributed by atoms with Gasteiger partial charge in [0.15, 0.2) is 0 Å². The van der Waals surface area contributed by atoms with E-state index in [1.54, 1.807) is 6.92 Å². The van der Waals surface area contributed by atoms with Crippen molar-refractivity contribution in [1.82, 2.24) is 0 Å². The fraction of sp³-hybridized carbons (Fsp3) is 0.417. The van der Waals surface area contributed by atoms with Gasteiger partial charge in [0.1, 0.15) is 0 Å². The van der Waals surface area contributed by atoms with Crippen molar-refractivity contribution >= 4 is 11.6 Å². The number of benzene rings is 1. The fourth-order valence-corrected chi connectivity index (χ4v) is 1.23. The standard InChI is InChI=1S/C12H18N2O2/c1-3-16-8-10-6-4-5-7-11(10)14-12(15)9(2)13/h4-7,9H,3,8,13H2,1-2H3,(H,14,15). The molecule has 1 rings (SSSR count). The number of nitrogens with two attached hydrogens (primary N) is 1. The lowest BCUT2D eigenvalue weighted by Crippen LogP contribution is -2.32. The summed E-state index contributed by atoms with van der Waals surface area (Å²) in [6.07, 6.45) is 0. The molecule has 4 nitrogen and oxygen atoms in total. The van der Waals surface area contributed by atoms with E-state index < -0.39 is 6.04 Å². The van der Waals surface area contributed by atoms with E-state index in [2.05, 4.69) is 5.32 Å². The van der Waals surface area contributed by atoms with Crippen molar-refractivity contribution in [3.63, 3.8) is 0 Å². The molecule has 0 saturated carbocycles. The zero-order chi connectivity index (χ0) is 12.0. The van der Waals surface area contributed by atoms with Crippen LogP contribution in [0.4, 0.5) is 5.69 Å². The maximum Gasteiger partial charge on any atom is 0.241 e. The van der Waals surface area contributed by atoms with Crippen LogP contribution in [-0.2, 0) is 16.1 Å². The minimum atomic E-state index is -0.514. The minimum absolute atomic E-state index is 0.191. The van der Waals surface area contributed by atoms with Gasteiger partial charge in [0.2, 0.25) is 5.91 Å². The van der Waals surface area contributed by atoms with Gasteiger partial charge in [0.05, 0.1) is 12.6 Å². The van der Waals surface area contributed by atoms with Crippen LogP contribution in [0.3, 0.4) is 0 Å². The molecule has 4 heteroatoms. The Balaban J connectivity index is 2.74. The van der Waals surface area contributed by atoms with Crippen molar-refractivity contribution in [2.45, 2.75) is 26.5 Å². The summed E-state index contributed by atoms with van der Waals surface area (Å²) < 4.78 is 5.32. The summed E-state index contributed by atoms with van der Waals surface area (Å²) in [5, 5.41) is 2.77. The molecule has 0 aliphatic rings. The summed E-state index contributed by atoms with van der Waals surface area (Å²) >= 11 is 0. The summed E-state index contributed by atoms with van der Waals surface area (Å²) in [5.74, 6) is -0.191. The van der Waals surface area contributed by atoms with Gasteiger partial charge in [-0.05, 0) is 19.9 Å². The van der Waals surface area contributed by atoms with Crippen LogP contribution < -0.4 is 11.1 Å². The van der Waals surface area contributed by atoms with Crippen LogP contribution in [0, 0.1) is 0 Å². The molecule has 88 valence electrons. The van der Waals surface area contributed by atoms with Gasteiger partial charge in [-0.1, -0.05) is 18.2 Å². The van der Waals surface area contributed by atoms with Gasteiger partial charge in [-0.25, -0.2) is 0 Å². The van der Waals surface area contributed by atoms with E-state index in [-0.39, 0.29) is 5.91 Å². The number of para-hydroxylation sites is 1. The third-order valence-corrected chi connectivity index (χ3v) is 2.15. The van der Waals surface area contributed by atoms with Crippen molar-refractivity contribution in [3.05, 3.63) is 29.8 Å². The number of hydrogen-bond donors (Lipinski definition) is 2. The number of ether oxygens (including phenoxy) is 1. The molecule has 0 fully saturated rings. The maximum atomic E-state index is 11.5. The molecule has 0 aromatic heterocycles. The van der Waals surface area contributed by atoms with Crippen molar-refractivity contribution < 1.29 is 9.53 Å². The Hall–Kier alpha value is -1.39. The predicted molar refractivity (Wildman–Crippen MR) is 64.1 cm³/mol. The number of carbonyl (C=O) groups is 1. The van der Waals surface area contributed by atoms with Crippen molar-refractivity contribution in [2.75, 3.05) is 11.9 Å². The Morgan fingerprint density at radius 2 is 2.19 bits per heavy atom. The summed E-state index contributed by atoms with van der Waals surface area (Å²) in [6.45, 7) is 4.73. The SMILES string of the molecule is CCOCc1ccccc1NC(=O)C(C)N. The Kier molecular flexibility index (Phi) is 4.95. The number of anilines is 1. The molecule has 0 saturated heterocycles. The topological polar surface area (TPSA) is 64.3 Å². The quantitative estimate of drug-likeness (QED) is 0.793. The molecule has 1 unspecified atom stereocenters. The van der Waals surface area contributed by atoms with E-state index in [0.29, 0.717) is 13.2 Å². The fourth-order valence-electron chi connectivity index (χ4n) is 1.23. The summed E-state index contributed by atoms with van der Waals surface area (Å²) in [4.78, 5) is 11.5. The van der Waals surface area contributed by atoms with E-state index in [4.69, 9.17) is 10.5 Å². The number of hydrogen-bond acceptors (Lipinski definition) is 3. The smallest absolute Gasteiger partial charge is 0.241 e. The highest BCUT2D eigenvalue weighted by molar-refractivity contribution is 5.94. The molecule has 0 aliphatic heterocycles. The Labute approximate surface area is 95.8 Å². The zero-order valence-electron chi connectivity index (χ0n) is 9.69. The Bertz CT molecular complexity index is 351. The van der Waals surface area contributed by atoms with Crippen LogP contribution in [0.5, 0.6) is 0 Å². The lowest BCUT2D eigenvalue weighted by Gasteiger charge is -2.12. The lowest BCUT2D eigenvalue weighted by molar-refractivity contribution is -0.117. The molecule has 1 amide bonds. The Morgan fingerprint density at radius 1 is 1.50 bits per heavy atom. The summed E-state index contributed by atoms with van der Waals surface area (Å²) in [6, 6.07) is 7.03. The van der Waals surface area contributed by atoms with Crippen LogP contribution in [0.1, 0.15) is 19.4 Å². The van der Waals surface area contributed by atoms with Crippen LogP contribution in [0.15, 0.2) is 24.3 Å². The normalized spacial score (nSPS) is 12.2. The molecule has 1 atom stereocenters. The third-order valence-electron chi connectivity index (χ3n) is 2.15. The maximum absolute atomic E-state index is 11.5. The lowest BCUT2D eigenvalue weighted by atomic mass is 10.2. The van der Waals surface area contributed by atoms with Gasteiger partial charge in [0, 0.05) is 17.9 Å². The highest BCUT2D eigenvalue weighted by atomic mass is 16.5. The van der Waals surface area contributed by atoms with E-state index in [9.17, 15) is 4.79 Å². The highest BCUT2D eigenvalue weighted by Crippen LogP contribution is 2.16. The monoisotopic (exact) mass is 222 g/mol. The van der Waals surface area contributed by atoms with Gasteiger partial charge in [-0.15, -0.1) is 0 Å². The first kappa shape index (κ1) is 12.7. The van der Waals surface area contributed by atoms with Gasteiger partial charge in [-0.2, -0.15) is 0 Å². The van der Waals surface area contributed by atoms with Crippen molar-refractivity contribution in [2.24, 2.45) is 5.73 Å². The van der Waals surface area contributed by atoms with Crippen molar-refractivity contribution in [1.29, 1.82) is 0 Å². The molecule has 0 radical (unpaired) electrons. The van der Waals surface area contributed by atoms with E-state index >= 15 is 0 Å². The first-order valence-electron chi connectivity index (χ1n) is 5.37. The second kappa shape index (κ2) is 6.25. The van der Waals surface area contributed by atoms with Crippen LogP contribution in [0.2, 0.25) is 0 Å². The van der Waals surface area contributed by atoms with Crippen LogP contribution >= 0.6 is 0 Å². The first-order valence-corrected chi connectivity index (χ1v) is 5.37. The first-order chi connectivity index (χ1) is 7.65.